The van der Waals surface area contributed by atoms with Gasteiger partial charge in [-0.2, -0.15) is 0 Å². The van der Waals surface area contributed by atoms with Crippen LogP contribution in [0, 0.1) is 6.92 Å². The van der Waals surface area contributed by atoms with Gasteiger partial charge in [0.15, 0.2) is 5.75 Å². The zero-order valence-corrected chi connectivity index (χ0v) is 9.60. The van der Waals surface area contributed by atoms with Crippen LogP contribution in [-0.4, -0.2) is 15.0 Å². The summed E-state index contributed by atoms with van der Waals surface area (Å²) in [6, 6.07) is 3.94. The van der Waals surface area contributed by atoms with Crippen molar-refractivity contribution in [2.24, 2.45) is 0 Å². The van der Waals surface area contributed by atoms with E-state index in [0.29, 0.717) is 11.8 Å². The number of aryl methyl sites for hydroxylation is 1. The van der Waals surface area contributed by atoms with Gasteiger partial charge in [0, 0.05) is 22.6 Å². The van der Waals surface area contributed by atoms with Crippen LogP contribution < -0.4 is 4.74 Å². The van der Waals surface area contributed by atoms with E-state index in [4.69, 9.17) is 4.74 Å². The Morgan fingerprint density at radius 1 is 1.33 bits per heavy atom. The number of nitrogens with zero attached hydrogens (tertiary/aromatic N) is 3. The predicted octanol–water partition coefficient (Wildman–Crippen LogP) is 2.73. The average molecular weight is 266 g/mol. The third-order valence-electron chi connectivity index (χ3n) is 1.66. The molecule has 0 aromatic carbocycles. The van der Waals surface area contributed by atoms with Crippen molar-refractivity contribution in [3.8, 4) is 11.8 Å². The van der Waals surface area contributed by atoms with E-state index in [2.05, 4.69) is 30.9 Å². The van der Waals surface area contributed by atoms with Gasteiger partial charge in [-0.05, 0) is 35.0 Å². The lowest BCUT2D eigenvalue weighted by Gasteiger charge is -2.03. The summed E-state index contributed by atoms with van der Waals surface area (Å²) in [5, 5.41) is 0. The number of aromatic nitrogens is 3. The van der Waals surface area contributed by atoms with Gasteiger partial charge in [-0.1, -0.05) is 0 Å². The van der Waals surface area contributed by atoms with Crippen molar-refractivity contribution in [2.75, 3.05) is 0 Å². The normalized spacial score (nSPS) is 10.0. The van der Waals surface area contributed by atoms with Gasteiger partial charge in [0.25, 0.3) is 0 Å². The lowest BCUT2D eigenvalue weighted by Crippen LogP contribution is -1.93. The van der Waals surface area contributed by atoms with Crippen LogP contribution in [0.15, 0.2) is 35.2 Å². The van der Waals surface area contributed by atoms with Gasteiger partial charge in [-0.25, -0.2) is 9.97 Å². The summed E-state index contributed by atoms with van der Waals surface area (Å²) in [7, 11) is 0. The zero-order chi connectivity index (χ0) is 10.7. The first-order valence-electron chi connectivity index (χ1n) is 4.32. The van der Waals surface area contributed by atoms with E-state index in [0.717, 1.165) is 10.2 Å². The van der Waals surface area contributed by atoms with Crippen molar-refractivity contribution in [1.29, 1.82) is 0 Å². The molecule has 0 aliphatic carbocycles. The molecule has 5 heteroatoms. The smallest absolute Gasteiger partial charge is 0.322 e. The predicted molar refractivity (Wildman–Crippen MR) is 58.8 cm³/mol. The van der Waals surface area contributed by atoms with Crippen LogP contribution in [0.1, 0.15) is 5.69 Å². The number of rotatable bonds is 2. The highest BCUT2D eigenvalue weighted by Gasteiger charge is 2.00. The Bertz CT molecular complexity index is 432. The van der Waals surface area contributed by atoms with Gasteiger partial charge in [-0.15, -0.1) is 0 Å². The molecule has 0 N–H and O–H groups in total. The molecule has 15 heavy (non-hydrogen) atoms. The minimum Gasteiger partial charge on any atom is -0.423 e. The first kappa shape index (κ1) is 10.0. The van der Waals surface area contributed by atoms with E-state index in [1.165, 1.54) is 0 Å². The lowest BCUT2D eigenvalue weighted by molar-refractivity contribution is 0.438. The quantitative estimate of drug-likeness (QED) is 0.838. The third kappa shape index (κ3) is 2.73. The standard InChI is InChI=1S/C10H8BrN3O/c1-7-2-3-13-10(14-7)15-9-4-8(11)5-12-6-9/h2-6H,1H3. The molecule has 2 aromatic rings. The van der Waals surface area contributed by atoms with Crippen LogP contribution in [0.4, 0.5) is 0 Å². The van der Waals surface area contributed by atoms with Crippen LogP contribution in [-0.2, 0) is 0 Å². The first-order chi connectivity index (χ1) is 7.24. The minimum atomic E-state index is 0.329. The molecule has 0 spiro atoms. The largest absolute Gasteiger partial charge is 0.423 e. The van der Waals surface area contributed by atoms with Crippen LogP contribution in [0.2, 0.25) is 0 Å². The molecule has 76 valence electrons. The molecule has 0 amide bonds. The minimum absolute atomic E-state index is 0.329. The number of hydrogen-bond donors (Lipinski definition) is 0. The molecule has 0 aliphatic heterocycles. The van der Waals surface area contributed by atoms with Gasteiger partial charge in [0.2, 0.25) is 0 Å². The SMILES string of the molecule is Cc1ccnc(Oc2cncc(Br)c2)n1. The Labute approximate surface area is 95.5 Å². The summed E-state index contributed by atoms with van der Waals surface area (Å²) in [6.07, 6.45) is 4.95. The molecule has 2 rings (SSSR count). The van der Waals surface area contributed by atoms with Crippen LogP contribution >= 0.6 is 15.9 Å². The Morgan fingerprint density at radius 2 is 2.20 bits per heavy atom. The molecule has 2 heterocycles. The molecule has 4 nitrogen and oxygen atoms in total. The fourth-order valence-corrected chi connectivity index (χ4v) is 1.37. The highest BCUT2D eigenvalue weighted by atomic mass is 79.9. The van der Waals surface area contributed by atoms with Crippen LogP contribution in [0.5, 0.6) is 11.8 Å². The molecular weight excluding hydrogens is 258 g/mol. The molecule has 0 saturated heterocycles. The van der Waals surface area contributed by atoms with Crippen LogP contribution in [0.25, 0.3) is 0 Å². The second kappa shape index (κ2) is 4.35. The molecule has 0 atom stereocenters. The Hall–Kier alpha value is -1.49. The van der Waals surface area contributed by atoms with Crippen molar-refractivity contribution < 1.29 is 4.74 Å². The maximum Gasteiger partial charge on any atom is 0.322 e. The van der Waals surface area contributed by atoms with E-state index >= 15 is 0 Å². The average Bonchev–Trinajstić information content (AvgIpc) is 2.17. The van der Waals surface area contributed by atoms with Crippen molar-refractivity contribution in [2.45, 2.75) is 6.92 Å². The summed E-state index contributed by atoms with van der Waals surface area (Å²) in [5.74, 6) is 0.606. The second-order valence-electron chi connectivity index (χ2n) is 2.92. The van der Waals surface area contributed by atoms with E-state index < -0.39 is 0 Å². The summed E-state index contributed by atoms with van der Waals surface area (Å²) >= 11 is 3.31. The highest BCUT2D eigenvalue weighted by Crippen LogP contribution is 2.20. The van der Waals surface area contributed by atoms with E-state index in [1.807, 2.05) is 13.0 Å². The topological polar surface area (TPSA) is 47.9 Å². The van der Waals surface area contributed by atoms with Crippen LogP contribution in [0.3, 0.4) is 0 Å². The molecule has 0 bridgehead atoms. The Balaban J connectivity index is 2.22. The van der Waals surface area contributed by atoms with Crippen molar-refractivity contribution >= 4 is 15.9 Å². The molecule has 0 radical (unpaired) electrons. The molecule has 0 aliphatic rings. The summed E-state index contributed by atoms with van der Waals surface area (Å²) in [6.45, 7) is 1.88. The Kier molecular flexibility index (Phi) is 2.91. The van der Waals surface area contributed by atoms with Crippen molar-refractivity contribution in [3.05, 3.63) is 40.9 Å². The molecular formula is C10H8BrN3O. The number of hydrogen-bond acceptors (Lipinski definition) is 4. The first-order valence-corrected chi connectivity index (χ1v) is 5.11. The fraction of sp³-hybridized carbons (Fsp3) is 0.100. The molecule has 2 aromatic heterocycles. The Morgan fingerprint density at radius 3 is 2.93 bits per heavy atom. The monoisotopic (exact) mass is 265 g/mol. The molecule has 0 saturated carbocycles. The maximum absolute atomic E-state index is 5.43. The van der Waals surface area contributed by atoms with Gasteiger partial charge in [0.05, 0.1) is 6.20 Å². The van der Waals surface area contributed by atoms with Crippen molar-refractivity contribution in [1.82, 2.24) is 15.0 Å². The summed E-state index contributed by atoms with van der Waals surface area (Å²) < 4.78 is 6.28. The van der Waals surface area contributed by atoms with Gasteiger partial charge >= 0.3 is 6.01 Å². The van der Waals surface area contributed by atoms with E-state index in [-0.39, 0.29) is 0 Å². The van der Waals surface area contributed by atoms with E-state index in [1.54, 1.807) is 24.7 Å². The molecule has 0 fully saturated rings. The third-order valence-corrected chi connectivity index (χ3v) is 2.10. The fourth-order valence-electron chi connectivity index (χ4n) is 1.03. The van der Waals surface area contributed by atoms with Crippen molar-refractivity contribution in [3.63, 3.8) is 0 Å². The van der Waals surface area contributed by atoms with Gasteiger partial charge in [0.1, 0.15) is 0 Å². The highest BCUT2D eigenvalue weighted by molar-refractivity contribution is 9.10. The van der Waals surface area contributed by atoms with Gasteiger partial charge < -0.3 is 4.74 Å². The van der Waals surface area contributed by atoms with Gasteiger partial charge in [-0.3, -0.25) is 4.98 Å². The maximum atomic E-state index is 5.43. The lowest BCUT2D eigenvalue weighted by atomic mass is 10.4. The second-order valence-corrected chi connectivity index (χ2v) is 3.84. The summed E-state index contributed by atoms with van der Waals surface area (Å²) in [4.78, 5) is 12.1. The van der Waals surface area contributed by atoms with E-state index in [9.17, 15) is 0 Å². The molecule has 0 unspecified atom stereocenters. The number of pyridine rings is 1. The zero-order valence-electron chi connectivity index (χ0n) is 8.01. The number of halogens is 1. The number of ether oxygens (including phenoxy) is 1. The summed E-state index contributed by atoms with van der Waals surface area (Å²) in [5.41, 5.74) is 0.864.